The molecule has 2 aromatic heterocycles. The molecule has 3 rings (SSSR count). The van der Waals surface area contributed by atoms with E-state index in [1.807, 2.05) is 6.92 Å². The van der Waals surface area contributed by atoms with Crippen molar-refractivity contribution in [1.82, 2.24) is 15.0 Å². The summed E-state index contributed by atoms with van der Waals surface area (Å²) in [5.74, 6) is 0.509. The van der Waals surface area contributed by atoms with Crippen LogP contribution >= 0.6 is 22.9 Å². The monoisotopic (exact) mass is 380 g/mol. The van der Waals surface area contributed by atoms with E-state index in [1.54, 1.807) is 30.5 Å². The van der Waals surface area contributed by atoms with Gasteiger partial charge < -0.3 is 5.32 Å². The van der Waals surface area contributed by atoms with Crippen molar-refractivity contribution < 1.29 is 8.42 Å². The van der Waals surface area contributed by atoms with Gasteiger partial charge in [0, 0.05) is 6.26 Å². The summed E-state index contributed by atoms with van der Waals surface area (Å²) in [6.45, 7) is 1.89. The van der Waals surface area contributed by atoms with Gasteiger partial charge in [-0.3, -0.25) is 4.98 Å². The standard InChI is InChI=1S/C15H13ClN4O2S2/c1-9-14(10-3-5-11(6-4-10)24(2,21)22)23-15(18-9)20-13-8-17-7-12(16)19-13/h3-8H,1-2H3,(H,18,19,20). The molecule has 0 unspecified atom stereocenters. The van der Waals surface area contributed by atoms with E-state index < -0.39 is 9.84 Å². The Morgan fingerprint density at radius 3 is 2.46 bits per heavy atom. The molecule has 6 nitrogen and oxygen atoms in total. The number of aryl methyl sites for hydroxylation is 1. The first-order chi connectivity index (χ1) is 11.3. The summed E-state index contributed by atoms with van der Waals surface area (Å²) in [6.07, 6.45) is 4.20. The van der Waals surface area contributed by atoms with Gasteiger partial charge in [0.2, 0.25) is 0 Å². The van der Waals surface area contributed by atoms with Crippen LogP contribution in [0.1, 0.15) is 5.69 Å². The molecule has 124 valence electrons. The van der Waals surface area contributed by atoms with Crippen LogP contribution in [0.15, 0.2) is 41.6 Å². The van der Waals surface area contributed by atoms with Crippen LogP contribution in [-0.4, -0.2) is 29.6 Å². The fraction of sp³-hybridized carbons (Fsp3) is 0.133. The van der Waals surface area contributed by atoms with Gasteiger partial charge in [-0.25, -0.2) is 18.4 Å². The molecular formula is C15H13ClN4O2S2. The average molecular weight is 381 g/mol. The number of hydrogen-bond acceptors (Lipinski definition) is 7. The highest BCUT2D eigenvalue weighted by molar-refractivity contribution is 7.90. The SMILES string of the molecule is Cc1nc(Nc2cncc(Cl)n2)sc1-c1ccc(S(C)(=O)=O)cc1. The van der Waals surface area contributed by atoms with Crippen LogP contribution in [0.3, 0.4) is 0 Å². The van der Waals surface area contributed by atoms with Gasteiger partial charge >= 0.3 is 0 Å². The van der Waals surface area contributed by atoms with E-state index in [0.29, 0.717) is 21.0 Å². The topological polar surface area (TPSA) is 84.8 Å². The molecule has 24 heavy (non-hydrogen) atoms. The van der Waals surface area contributed by atoms with Crippen molar-refractivity contribution in [3.05, 3.63) is 47.5 Å². The molecule has 0 bridgehead atoms. The number of nitrogens with zero attached hydrogens (tertiary/aromatic N) is 3. The Morgan fingerprint density at radius 2 is 1.83 bits per heavy atom. The van der Waals surface area contributed by atoms with Crippen molar-refractivity contribution in [3.8, 4) is 10.4 Å². The van der Waals surface area contributed by atoms with E-state index in [2.05, 4.69) is 20.3 Å². The van der Waals surface area contributed by atoms with Gasteiger partial charge in [-0.1, -0.05) is 35.1 Å². The number of anilines is 2. The summed E-state index contributed by atoms with van der Waals surface area (Å²) >= 11 is 7.26. The Kier molecular flexibility index (Phi) is 4.53. The lowest BCUT2D eigenvalue weighted by molar-refractivity contribution is 0.602. The number of benzene rings is 1. The highest BCUT2D eigenvalue weighted by Gasteiger charge is 2.12. The largest absolute Gasteiger partial charge is 0.315 e. The molecule has 0 saturated heterocycles. The average Bonchev–Trinajstić information content (AvgIpc) is 2.87. The van der Waals surface area contributed by atoms with E-state index in [-0.39, 0.29) is 0 Å². The van der Waals surface area contributed by atoms with E-state index in [4.69, 9.17) is 11.6 Å². The van der Waals surface area contributed by atoms with Crippen LogP contribution in [0.5, 0.6) is 0 Å². The second-order valence-corrected chi connectivity index (χ2v) is 8.48. The highest BCUT2D eigenvalue weighted by atomic mass is 35.5. The summed E-state index contributed by atoms with van der Waals surface area (Å²) in [5, 5.41) is 4.02. The van der Waals surface area contributed by atoms with E-state index >= 15 is 0 Å². The minimum Gasteiger partial charge on any atom is -0.315 e. The molecule has 0 aliphatic carbocycles. The van der Waals surface area contributed by atoms with Crippen LogP contribution in [0.25, 0.3) is 10.4 Å². The molecule has 0 fully saturated rings. The number of aromatic nitrogens is 3. The Bertz CT molecular complexity index is 985. The van der Waals surface area contributed by atoms with Crippen molar-refractivity contribution in [1.29, 1.82) is 0 Å². The third-order valence-electron chi connectivity index (χ3n) is 3.18. The van der Waals surface area contributed by atoms with Crippen molar-refractivity contribution in [3.63, 3.8) is 0 Å². The van der Waals surface area contributed by atoms with Gasteiger partial charge in [0.25, 0.3) is 0 Å². The number of nitrogens with one attached hydrogen (secondary N) is 1. The summed E-state index contributed by atoms with van der Waals surface area (Å²) in [4.78, 5) is 13.8. The lowest BCUT2D eigenvalue weighted by Crippen LogP contribution is -1.96. The maximum atomic E-state index is 11.5. The van der Waals surface area contributed by atoms with Crippen LogP contribution in [0.4, 0.5) is 10.9 Å². The maximum Gasteiger partial charge on any atom is 0.189 e. The smallest absolute Gasteiger partial charge is 0.189 e. The second-order valence-electron chi connectivity index (χ2n) is 5.08. The summed E-state index contributed by atoms with van der Waals surface area (Å²) in [5.41, 5.74) is 1.74. The zero-order chi connectivity index (χ0) is 17.3. The molecule has 0 aliphatic rings. The summed E-state index contributed by atoms with van der Waals surface area (Å²) in [6, 6.07) is 6.75. The molecule has 2 heterocycles. The summed E-state index contributed by atoms with van der Waals surface area (Å²) < 4.78 is 23.1. The molecule has 1 N–H and O–H groups in total. The van der Waals surface area contributed by atoms with Crippen LogP contribution < -0.4 is 5.32 Å². The first-order valence-corrected chi connectivity index (χ1v) is 9.94. The minimum absolute atomic E-state index is 0.293. The molecule has 0 radical (unpaired) electrons. The molecular weight excluding hydrogens is 368 g/mol. The molecule has 0 aliphatic heterocycles. The van der Waals surface area contributed by atoms with Crippen LogP contribution in [0, 0.1) is 6.92 Å². The lowest BCUT2D eigenvalue weighted by atomic mass is 10.2. The van der Waals surface area contributed by atoms with E-state index in [0.717, 1.165) is 16.1 Å². The Balaban J connectivity index is 1.89. The third kappa shape index (κ3) is 3.72. The first-order valence-electron chi connectivity index (χ1n) is 6.85. The minimum atomic E-state index is -3.20. The number of halogens is 1. The van der Waals surface area contributed by atoms with Gasteiger partial charge in [-0.2, -0.15) is 0 Å². The normalized spacial score (nSPS) is 11.5. The Hall–Kier alpha value is -2.03. The predicted octanol–water partition coefficient (Wildman–Crippen LogP) is 3.71. The Morgan fingerprint density at radius 1 is 1.12 bits per heavy atom. The number of thiazole rings is 1. The summed E-state index contributed by atoms with van der Waals surface area (Å²) in [7, 11) is -3.20. The van der Waals surface area contributed by atoms with Gasteiger partial charge in [0.05, 0.1) is 27.9 Å². The number of sulfone groups is 1. The zero-order valence-electron chi connectivity index (χ0n) is 12.8. The maximum absolute atomic E-state index is 11.5. The first kappa shape index (κ1) is 16.8. The van der Waals surface area contributed by atoms with Crippen LogP contribution in [-0.2, 0) is 9.84 Å². The van der Waals surface area contributed by atoms with Crippen molar-refractivity contribution in [2.45, 2.75) is 11.8 Å². The lowest BCUT2D eigenvalue weighted by Gasteiger charge is -2.01. The van der Waals surface area contributed by atoms with Gasteiger partial charge in [0.15, 0.2) is 20.8 Å². The molecule has 0 spiro atoms. The van der Waals surface area contributed by atoms with Crippen molar-refractivity contribution >= 4 is 43.7 Å². The second kappa shape index (κ2) is 6.46. The van der Waals surface area contributed by atoms with Crippen LogP contribution in [0.2, 0.25) is 5.15 Å². The quantitative estimate of drug-likeness (QED) is 0.742. The van der Waals surface area contributed by atoms with E-state index in [1.165, 1.54) is 23.8 Å². The van der Waals surface area contributed by atoms with E-state index in [9.17, 15) is 8.42 Å². The predicted molar refractivity (Wildman–Crippen MR) is 95.7 cm³/mol. The molecule has 0 amide bonds. The fourth-order valence-corrected chi connectivity index (χ4v) is 3.84. The van der Waals surface area contributed by atoms with Crippen molar-refractivity contribution in [2.24, 2.45) is 0 Å². The third-order valence-corrected chi connectivity index (χ3v) is 5.61. The highest BCUT2D eigenvalue weighted by Crippen LogP contribution is 2.34. The number of hydrogen-bond donors (Lipinski definition) is 1. The zero-order valence-corrected chi connectivity index (χ0v) is 15.2. The van der Waals surface area contributed by atoms with Gasteiger partial charge in [-0.15, -0.1) is 0 Å². The molecule has 0 atom stereocenters. The molecule has 1 aromatic carbocycles. The van der Waals surface area contributed by atoms with Gasteiger partial charge in [-0.05, 0) is 24.6 Å². The molecule has 0 saturated carbocycles. The van der Waals surface area contributed by atoms with Gasteiger partial charge in [0.1, 0.15) is 5.15 Å². The van der Waals surface area contributed by atoms with Crippen molar-refractivity contribution in [2.75, 3.05) is 11.6 Å². The Labute approximate surface area is 148 Å². The molecule has 9 heteroatoms. The number of rotatable bonds is 4. The molecule has 3 aromatic rings. The fourth-order valence-electron chi connectivity index (χ4n) is 2.08.